The lowest BCUT2D eigenvalue weighted by Gasteiger charge is -2.31. The highest BCUT2D eigenvalue weighted by Crippen LogP contribution is 2.23. The van der Waals surface area contributed by atoms with Crippen molar-refractivity contribution in [2.24, 2.45) is 5.92 Å². The van der Waals surface area contributed by atoms with Crippen molar-refractivity contribution in [1.82, 2.24) is 0 Å². The monoisotopic (exact) mass is 236 g/mol. The van der Waals surface area contributed by atoms with Crippen molar-refractivity contribution in [3.63, 3.8) is 0 Å². The molecule has 1 fully saturated rings. The van der Waals surface area contributed by atoms with Gasteiger partial charge in [-0.15, -0.1) is 0 Å². The third kappa shape index (κ3) is 3.77. The van der Waals surface area contributed by atoms with Crippen molar-refractivity contribution in [3.05, 3.63) is 24.3 Å². The highest BCUT2D eigenvalue weighted by Gasteiger charge is 2.18. The molecule has 1 saturated heterocycles. The number of rotatable bonds is 2. The van der Waals surface area contributed by atoms with Gasteiger partial charge in [0.05, 0.1) is 0 Å². The minimum atomic E-state index is 0. The van der Waals surface area contributed by atoms with Crippen molar-refractivity contribution in [3.8, 4) is 0 Å². The molecule has 0 spiro atoms. The average Bonchev–Trinajstić information content (AvgIpc) is 2.41. The van der Waals surface area contributed by atoms with Crippen LogP contribution in [0.15, 0.2) is 24.3 Å². The fourth-order valence-corrected chi connectivity index (χ4v) is 2.02. The van der Waals surface area contributed by atoms with E-state index < -0.39 is 0 Å². The first-order valence-corrected chi connectivity index (χ1v) is 6.35. The molecule has 1 aromatic carbocycles. The molecular weight excluding hydrogens is 212 g/mol. The van der Waals surface area contributed by atoms with Crippen molar-refractivity contribution in [1.29, 1.82) is 0 Å². The summed E-state index contributed by atoms with van der Waals surface area (Å²) in [5, 5.41) is 0. The zero-order valence-corrected chi connectivity index (χ0v) is 10.7. The molecule has 1 aromatic rings. The number of piperidine rings is 1. The maximum absolute atomic E-state index is 10.6. The summed E-state index contributed by atoms with van der Waals surface area (Å²) >= 11 is 0. The van der Waals surface area contributed by atoms with Crippen LogP contribution in [0.5, 0.6) is 0 Å². The van der Waals surface area contributed by atoms with Gasteiger partial charge in [-0.05, 0) is 31.0 Å². The lowest BCUT2D eigenvalue weighted by Crippen LogP contribution is -2.34. The van der Waals surface area contributed by atoms with E-state index in [1.54, 1.807) is 0 Å². The Kier molecular flexibility index (Phi) is 5.53. The molecule has 0 radical (unpaired) electrons. The molecule has 0 unspecified atom stereocenters. The quantitative estimate of drug-likeness (QED) is 0.634. The number of carbonyl (C=O) groups excluding carboxylic acids is 1. The van der Waals surface area contributed by atoms with Gasteiger partial charge in [0.15, 0.2) is 0 Å². The second-order valence-electron chi connectivity index (χ2n) is 4.06. The van der Waals surface area contributed by atoms with E-state index in [9.17, 15) is 4.79 Å². The Morgan fingerprint density at radius 2 is 2.00 bits per heavy atom. The number of benzene rings is 1. The van der Waals surface area contributed by atoms with Gasteiger partial charge in [0.2, 0.25) is 0 Å². The van der Waals surface area contributed by atoms with E-state index in [4.69, 9.17) is 5.73 Å². The summed E-state index contributed by atoms with van der Waals surface area (Å²) in [4.78, 5) is 12.9. The largest absolute Gasteiger partial charge is 0.399 e. The van der Waals surface area contributed by atoms with Crippen LogP contribution < -0.4 is 10.6 Å². The molecule has 0 bridgehead atoms. The predicted molar refractivity (Wildman–Crippen MR) is 75.3 cm³/mol. The van der Waals surface area contributed by atoms with E-state index in [2.05, 4.69) is 11.0 Å². The molecule has 1 aliphatic heterocycles. The first kappa shape index (κ1) is 13.6. The Labute approximate surface area is 105 Å². The normalized spacial score (nSPS) is 16.0. The molecule has 0 saturated carbocycles. The van der Waals surface area contributed by atoms with Gasteiger partial charge in [-0.2, -0.15) is 0 Å². The highest BCUT2D eigenvalue weighted by atomic mass is 16.1. The van der Waals surface area contributed by atoms with Crippen molar-refractivity contribution in [2.75, 3.05) is 23.7 Å². The Bertz CT molecular complexity index is 349. The van der Waals surface area contributed by atoms with Gasteiger partial charge in [0.1, 0.15) is 6.29 Å². The molecule has 2 rings (SSSR count). The standard InChI is InChI=1S/C12H16N2O.C2H6.H2/c13-11-2-1-3-12(8-11)14-6-4-10(9-15)5-7-14;1-2;/h1-3,8-10H,4-7,13H2;1-2H3;1H. The average molecular weight is 236 g/mol. The molecule has 1 aliphatic rings. The van der Waals surface area contributed by atoms with Crippen LogP contribution in [0.25, 0.3) is 0 Å². The molecule has 0 aliphatic carbocycles. The van der Waals surface area contributed by atoms with E-state index in [0.29, 0.717) is 0 Å². The number of aldehydes is 1. The molecule has 96 valence electrons. The SMILES string of the molecule is CC.Nc1cccc(N2CCC(C=O)CC2)c1.[HH]. The zero-order valence-electron chi connectivity index (χ0n) is 10.7. The molecule has 2 N–H and O–H groups in total. The second kappa shape index (κ2) is 6.94. The van der Waals surface area contributed by atoms with Crippen molar-refractivity contribution >= 4 is 17.7 Å². The van der Waals surface area contributed by atoms with Crippen LogP contribution in [0.4, 0.5) is 11.4 Å². The van der Waals surface area contributed by atoms with Gasteiger partial charge in [-0.1, -0.05) is 19.9 Å². The number of nitrogen functional groups attached to an aromatic ring is 1. The third-order valence-electron chi connectivity index (χ3n) is 2.97. The Balaban J connectivity index is 0.000000917. The maximum atomic E-state index is 10.6. The van der Waals surface area contributed by atoms with Crippen molar-refractivity contribution < 1.29 is 6.22 Å². The highest BCUT2D eigenvalue weighted by molar-refractivity contribution is 5.58. The maximum Gasteiger partial charge on any atom is 0.123 e. The molecule has 17 heavy (non-hydrogen) atoms. The number of hydrogen-bond donors (Lipinski definition) is 1. The lowest BCUT2D eigenvalue weighted by molar-refractivity contribution is -0.111. The van der Waals surface area contributed by atoms with Crippen LogP contribution in [-0.2, 0) is 4.79 Å². The summed E-state index contributed by atoms with van der Waals surface area (Å²) in [5.74, 6) is 0.252. The van der Waals surface area contributed by atoms with Crippen LogP contribution in [0, 0.1) is 5.92 Å². The topological polar surface area (TPSA) is 46.3 Å². The number of nitrogens with two attached hydrogens (primary N) is 1. The molecule has 3 nitrogen and oxygen atoms in total. The van der Waals surface area contributed by atoms with Crippen LogP contribution in [-0.4, -0.2) is 19.4 Å². The van der Waals surface area contributed by atoms with Gasteiger partial charge in [-0.25, -0.2) is 0 Å². The summed E-state index contributed by atoms with van der Waals surface area (Å²) in [6.45, 7) is 5.90. The van der Waals surface area contributed by atoms with Gasteiger partial charge in [-0.3, -0.25) is 0 Å². The first-order chi connectivity index (χ1) is 8.29. The summed E-state index contributed by atoms with van der Waals surface area (Å²) < 4.78 is 0. The third-order valence-corrected chi connectivity index (χ3v) is 2.97. The van der Waals surface area contributed by atoms with Crippen LogP contribution >= 0.6 is 0 Å². The van der Waals surface area contributed by atoms with Crippen LogP contribution in [0.1, 0.15) is 28.1 Å². The summed E-state index contributed by atoms with van der Waals surface area (Å²) in [5.41, 5.74) is 7.70. The Morgan fingerprint density at radius 1 is 1.35 bits per heavy atom. The van der Waals surface area contributed by atoms with E-state index in [1.807, 2.05) is 32.0 Å². The fraction of sp³-hybridized carbons (Fsp3) is 0.500. The minimum Gasteiger partial charge on any atom is -0.399 e. The second-order valence-corrected chi connectivity index (χ2v) is 4.06. The Morgan fingerprint density at radius 3 is 2.53 bits per heavy atom. The molecule has 0 aromatic heterocycles. The van der Waals surface area contributed by atoms with E-state index in [1.165, 1.54) is 5.69 Å². The Hall–Kier alpha value is -1.51. The van der Waals surface area contributed by atoms with Crippen LogP contribution in [0.2, 0.25) is 0 Å². The molecule has 0 atom stereocenters. The minimum absolute atomic E-state index is 0. The van der Waals surface area contributed by atoms with Gasteiger partial charge >= 0.3 is 0 Å². The van der Waals surface area contributed by atoms with Crippen LogP contribution in [0.3, 0.4) is 0 Å². The number of nitrogens with zero attached hydrogens (tertiary/aromatic N) is 1. The van der Waals surface area contributed by atoms with E-state index in [0.717, 1.165) is 37.9 Å². The number of anilines is 2. The first-order valence-electron chi connectivity index (χ1n) is 6.35. The molecule has 0 amide bonds. The van der Waals surface area contributed by atoms with Gasteiger partial charge in [0, 0.05) is 31.8 Å². The smallest absolute Gasteiger partial charge is 0.123 e. The number of hydrogen-bond acceptors (Lipinski definition) is 3. The van der Waals surface area contributed by atoms with Crippen molar-refractivity contribution in [2.45, 2.75) is 26.7 Å². The summed E-state index contributed by atoms with van der Waals surface area (Å²) in [6, 6.07) is 7.91. The fourth-order valence-electron chi connectivity index (χ4n) is 2.02. The number of carbonyl (C=O) groups is 1. The van der Waals surface area contributed by atoms with E-state index >= 15 is 0 Å². The molecule has 1 heterocycles. The summed E-state index contributed by atoms with van der Waals surface area (Å²) in [6.07, 6.45) is 2.99. The van der Waals surface area contributed by atoms with E-state index in [-0.39, 0.29) is 7.34 Å². The summed E-state index contributed by atoms with van der Waals surface area (Å²) in [7, 11) is 0. The molecular formula is C14H24N2O. The van der Waals surface area contributed by atoms with Gasteiger partial charge < -0.3 is 15.4 Å². The van der Waals surface area contributed by atoms with Gasteiger partial charge in [0.25, 0.3) is 0 Å². The lowest BCUT2D eigenvalue weighted by atomic mass is 9.98. The predicted octanol–water partition coefficient (Wildman–Crippen LogP) is 2.96. The molecule has 3 heteroatoms. The zero-order chi connectivity index (χ0) is 12.7.